The SMILES string of the molecule is Cc1ccccc1C(CCC(=O)O)Oc1cc(OCc2ccsc2)ccc1C(N)=NO. The summed E-state index contributed by atoms with van der Waals surface area (Å²) in [6, 6.07) is 14.7. The van der Waals surface area contributed by atoms with Crippen LogP contribution in [0.1, 0.15) is 41.2 Å². The minimum Gasteiger partial charge on any atom is -0.489 e. The van der Waals surface area contributed by atoms with Crippen molar-refractivity contribution in [3.8, 4) is 11.5 Å². The van der Waals surface area contributed by atoms with E-state index in [0.29, 0.717) is 23.7 Å². The number of carbonyl (C=O) groups is 1. The van der Waals surface area contributed by atoms with E-state index >= 15 is 0 Å². The van der Waals surface area contributed by atoms with Crippen molar-refractivity contribution in [2.45, 2.75) is 32.5 Å². The van der Waals surface area contributed by atoms with Gasteiger partial charge in [0.25, 0.3) is 0 Å². The normalized spacial score (nSPS) is 12.4. The van der Waals surface area contributed by atoms with Crippen molar-refractivity contribution in [1.82, 2.24) is 0 Å². The molecule has 4 N–H and O–H groups in total. The molecule has 0 aliphatic carbocycles. The molecule has 7 nitrogen and oxygen atoms in total. The summed E-state index contributed by atoms with van der Waals surface area (Å²) in [4.78, 5) is 11.2. The lowest BCUT2D eigenvalue weighted by Gasteiger charge is -2.23. The van der Waals surface area contributed by atoms with Gasteiger partial charge in [-0.15, -0.1) is 0 Å². The molecular formula is C23H24N2O5S. The Morgan fingerprint density at radius 1 is 1.23 bits per heavy atom. The number of amidine groups is 1. The average molecular weight is 441 g/mol. The fourth-order valence-corrected chi connectivity index (χ4v) is 3.78. The van der Waals surface area contributed by atoms with Crippen molar-refractivity contribution < 1.29 is 24.6 Å². The standard InChI is InChI=1S/C23H24N2O5S/c1-15-4-2-3-5-18(15)20(8-9-22(26)27)30-21-12-17(6-7-19(21)23(24)25-28)29-13-16-10-11-31-14-16/h2-7,10-12,14,20,28H,8-9,13H2,1H3,(H2,24,25)(H,26,27). The number of nitrogens with two attached hydrogens (primary N) is 1. The van der Waals surface area contributed by atoms with Crippen LogP contribution in [0.25, 0.3) is 0 Å². The van der Waals surface area contributed by atoms with Crippen molar-refractivity contribution in [2.24, 2.45) is 10.9 Å². The molecule has 31 heavy (non-hydrogen) atoms. The zero-order valence-electron chi connectivity index (χ0n) is 17.0. The number of ether oxygens (including phenoxy) is 2. The Kier molecular flexibility index (Phi) is 7.50. The molecule has 0 aliphatic heterocycles. The molecule has 0 radical (unpaired) electrons. The molecule has 0 fully saturated rings. The van der Waals surface area contributed by atoms with Crippen molar-refractivity contribution >= 4 is 23.1 Å². The number of aryl methyl sites for hydroxylation is 1. The van der Waals surface area contributed by atoms with Gasteiger partial charge in [-0.1, -0.05) is 29.4 Å². The van der Waals surface area contributed by atoms with Gasteiger partial charge in [-0.25, -0.2) is 0 Å². The molecule has 2 aromatic carbocycles. The van der Waals surface area contributed by atoms with E-state index in [4.69, 9.17) is 15.2 Å². The number of thiophene rings is 1. The first-order chi connectivity index (χ1) is 15.0. The summed E-state index contributed by atoms with van der Waals surface area (Å²) in [7, 11) is 0. The van der Waals surface area contributed by atoms with Crippen LogP contribution in [0, 0.1) is 6.92 Å². The Balaban J connectivity index is 1.92. The smallest absolute Gasteiger partial charge is 0.303 e. The first kappa shape index (κ1) is 22.2. The van der Waals surface area contributed by atoms with E-state index in [1.165, 1.54) is 0 Å². The zero-order chi connectivity index (χ0) is 22.2. The fourth-order valence-electron chi connectivity index (χ4n) is 3.13. The van der Waals surface area contributed by atoms with Gasteiger partial charge < -0.3 is 25.5 Å². The van der Waals surface area contributed by atoms with Gasteiger partial charge in [0.15, 0.2) is 5.84 Å². The summed E-state index contributed by atoms with van der Waals surface area (Å²) >= 11 is 1.59. The predicted octanol–water partition coefficient (Wildman–Crippen LogP) is 4.71. The van der Waals surface area contributed by atoms with Crippen molar-refractivity contribution in [3.63, 3.8) is 0 Å². The number of rotatable bonds is 10. The fraction of sp³-hybridized carbons (Fsp3) is 0.217. The molecule has 0 bridgehead atoms. The second kappa shape index (κ2) is 10.5. The molecule has 1 aromatic heterocycles. The van der Waals surface area contributed by atoms with Crippen LogP contribution in [0.4, 0.5) is 0 Å². The van der Waals surface area contributed by atoms with Gasteiger partial charge >= 0.3 is 5.97 Å². The molecule has 162 valence electrons. The van der Waals surface area contributed by atoms with E-state index in [1.807, 2.05) is 48.0 Å². The zero-order valence-corrected chi connectivity index (χ0v) is 17.8. The van der Waals surface area contributed by atoms with Gasteiger partial charge in [-0.2, -0.15) is 11.3 Å². The Hall–Kier alpha value is -3.52. The summed E-state index contributed by atoms with van der Waals surface area (Å²) in [6.07, 6.45) is -0.336. The average Bonchev–Trinajstić information content (AvgIpc) is 3.29. The summed E-state index contributed by atoms with van der Waals surface area (Å²) in [5.41, 5.74) is 9.14. The van der Waals surface area contributed by atoms with E-state index in [1.54, 1.807) is 29.5 Å². The van der Waals surface area contributed by atoms with Crippen LogP contribution in [-0.4, -0.2) is 22.1 Å². The number of oxime groups is 1. The van der Waals surface area contributed by atoms with Gasteiger partial charge in [-0.3, -0.25) is 4.79 Å². The highest BCUT2D eigenvalue weighted by Gasteiger charge is 2.20. The lowest BCUT2D eigenvalue weighted by atomic mass is 9.99. The van der Waals surface area contributed by atoms with Crippen molar-refractivity contribution in [3.05, 3.63) is 81.5 Å². The second-order valence-corrected chi connectivity index (χ2v) is 7.74. The molecule has 1 atom stereocenters. The monoisotopic (exact) mass is 440 g/mol. The maximum Gasteiger partial charge on any atom is 0.303 e. The predicted molar refractivity (Wildman–Crippen MR) is 119 cm³/mol. The Morgan fingerprint density at radius 2 is 2.03 bits per heavy atom. The number of hydrogen-bond donors (Lipinski definition) is 3. The highest BCUT2D eigenvalue weighted by molar-refractivity contribution is 7.07. The van der Waals surface area contributed by atoms with Crippen LogP contribution in [-0.2, 0) is 11.4 Å². The van der Waals surface area contributed by atoms with Crippen LogP contribution in [0.5, 0.6) is 11.5 Å². The molecule has 0 aliphatic rings. The van der Waals surface area contributed by atoms with Gasteiger partial charge in [0.2, 0.25) is 0 Å². The third-order valence-electron chi connectivity index (χ3n) is 4.75. The van der Waals surface area contributed by atoms with E-state index < -0.39 is 12.1 Å². The molecule has 0 saturated heterocycles. The Labute approximate surface area is 184 Å². The topological polar surface area (TPSA) is 114 Å². The summed E-state index contributed by atoms with van der Waals surface area (Å²) in [6.45, 7) is 2.34. The van der Waals surface area contributed by atoms with Gasteiger partial charge in [-0.05, 0) is 59.0 Å². The molecule has 8 heteroatoms. The second-order valence-electron chi connectivity index (χ2n) is 6.96. The molecule has 1 unspecified atom stereocenters. The number of aliphatic carboxylic acids is 1. The maximum absolute atomic E-state index is 11.2. The highest BCUT2D eigenvalue weighted by Crippen LogP contribution is 2.33. The largest absolute Gasteiger partial charge is 0.489 e. The van der Waals surface area contributed by atoms with Crippen LogP contribution in [0.3, 0.4) is 0 Å². The number of carboxylic acids is 1. The third kappa shape index (κ3) is 5.99. The van der Waals surface area contributed by atoms with Gasteiger partial charge in [0.05, 0.1) is 5.56 Å². The molecule has 3 aromatic rings. The number of carboxylic acid groups (broad SMARTS) is 1. The molecular weight excluding hydrogens is 416 g/mol. The highest BCUT2D eigenvalue weighted by atomic mass is 32.1. The first-order valence-corrected chi connectivity index (χ1v) is 10.6. The summed E-state index contributed by atoms with van der Waals surface area (Å²) in [5, 5.41) is 25.4. The minimum absolute atomic E-state index is 0.0632. The number of hydrogen-bond acceptors (Lipinski definition) is 6. The Bertz CT molecular complexity index is 1050. The van der Waals surface area contributed by atoms with Crippen LogP contribution in [0.15, 0.2) is 64.4 Å². The van der Waals surface area contributed by atoms with E-state index in [9.17, 15) is 15.1 Å². The van der Waals surface area contributed by atoms with Crippen LogP contribution < -0.4 is 15.2 Å². The van der Waals surface area contributed by atoms with Gasteiger partial charge in [0.1, 0.15) is 24.2 Å². The summed E-state index contributed by atoms with van der Waals surface area (Å²) < 4.78 is 12.1. The third-order valence-corrected chi connectivity index (χ3v) is 5.48. The summed E-state index contributed by atoms with van der Waals surface area (Å²) in [5.74, 6) is -0.123. The molecule has 1 heterocycles. The number of nitrogens with zero attached hydrogens (tertiary/aromatic N) is 1. The minimum atomic E-state index is -0.910. The van der Waals surface area contributed by atoms with E-state index in [2.05, 4.69) is 5.16 Å². The van der Waals surface area contributed by atoms with Crippen LogP contribution in [0.2, 0.25) is 0 Å². The lowest BCUT2D eigenvalue weighted by Crippen LogP contribution is -2.17. The quantitative estimate of drug-likeness (QED) is 0.182. The van der Waals surface area contributed by atoms with Crippen molar-refractivity contribution in [2.75, 3.05) is 0 Å². The maximum atomic E-state index is 11.2. The van der Waals surface area contributed by atoms with Crippen molar-refractivity contribution in [1.29, 1.82) is 0 Å². The molecule has 0 amide bonds. The Morgan fingerprint density at radius 3 is 2.71 bits per heavy atom. The van der Waals surface area contributed by atoms with E-state index in [0.717, 1.165) is 16.7 Å². The van der Waals surface area contributed by atoms with E-state index in [-0.39, 0.29) is 18.7 Å². The van der Waals surface area contributed by atoms with Crippen LogP contribution >= 0.6 is 11.3 Å². The van der Waals surface area contributed by atoms with Gasteiger partial charge in [0, 0.05) is 12.5 Å². The molecule has 0 saturated carbocycles. The number of benzene rings is 2. The molecule has 3 rings (SSSR count). The molecule has 0 spiro atoms. The first-order valence-electron chi connectivity index (χ1n) is 9.67. The lowest BCUT2D eigenvalue weighted by molar-refractivity contribution is -0.137.